The molecule has 1 aromatic carbocycles. The summed E-state index contributed by atoms with van der Waals surface area (Å²) in [6.45, 7) is 6.58. The Hall–Kier alpha value is -1.60. The van der Waals surface area contributed by atoms with Crippen molar-refractivity contribution >= 4 is 5.91 Å². The molecule has 2 unspecified atom stereocenters. The number of carbonyl (C=O) groups is 1. The molecule has 4 rings (SSSR count). The van der Waals surface area contributed by atoms with Crippen LogP contribution in [0.1, 0.15) is 31.4 Å². The molecule has 0 aliphatic carbocycles. The van der Waals surface area contributed by atoms with E-state index in [-0.39, 0.29) is 30.7 Å². The number of benzene rings is 1. The second-order valence-electron chi connectivity index (χ2n) is 8.34. The van der Waals surface area contributed by atoms with E-state index in [1.54, 1.807) is 12.1 Å². The molecule has 1 amide bonds. The number of rotatable bonds is 3. The van der Waals surface area contributed by atoms with Gasteiger partial charge in [-0.1, -0.05) is 26.0 Å². The predicted octanol–water partition coefficient (Wildman–Crippen LogP) is 3.16. The fourth-order valence-corrected chi connectivity index (χ4v) is 4.98. The Morgan fingerprint density at radius 1 is 1.19 bits per heavy atom. The second-order valence-corrected chi connectivity index (χ2v) is 8.34. The number of ether oxygens (including phenoxy) is 1. The summed E-state index contributed by atoms with van der Waals surface area (Å²) in [5.74, 6) is 0.852. The van der Waals surface area contributed by atoms with Gasteiger partial charge in [0.15, 0.2) is 0 Å². The lowest BCUT2D eigenvalue weighted by atomic mass is 9.88. The number of piperidine rings is 1. The number of nitrogens with zero attached hydrogens (tertiary/aromatic N) is 2. The molecule has 7 heteroatoms. The van der Waals surface area contributed by atoms with Crippen molar-refractivity contribution in [3.63, 3.8) is 0 Å². The van der Waals surface area contributed by atoms with E-state index in [2.05, 4.69) is 23.6 Å². The molecule has 0 aromatic heterocycles. The molecule has 0 N–H and O–H groups in total. The summed E-state index contributed by atoms with van der Waals surface area (Å²) < 4.78 is 44.1. The number of carbonyl (C=O) groups excluding carboxylic acids is 1. The van der Waals surface area contributed by atoms with Gasteiger partial charge in [-0.05, 0) is 36.0 Å². The van der Waals surface area contributed by atoms with Gasteiger partial charge in [0.05, 0.1) is 17.7 Å². The maximum absolute atomic E-state index is 12.7. The van der Waals surface area contributed by atoms with Crippen LogP contribution in [0.5, 0.6) is 0 Å². The van der Waals surface area contributed by atoms with Crippen LogP contribution in [0.2, 0.25) is 0 Å². The van der Waals surface area contributed by atoms with Crippen LogP contribution in [0, 0.1) is 11.8 Å². The molecule has 3 aliphatic heterocycles. The molecule has 0 radical (unpaired) electrons. The van der Waals surface area contributed by atoms with Crippen molar-refractivity contribution in [3.05, 3.63) is 35.4 Å². The summed E-state index contributed by atoms with van der Waals surface area (Å²) in [7, 11) is 0. The van der Waals surface area contributed by atoms with Gasteiger partial charge in [-0.2, -0.15) is 13.2 Å². The molecule has 3 saturated heterocycles. The Labute approximate surface area is 157 Å². The van der Waals surface area contributed by atoms with Crippen molar-refractivity contribution in [2.45, 2.75) is 51.2 Å². The normalized spacial score (nSPS) is 31.5. The molecule has 148 valence electrons. The SMILES string of the molecule is CC(C)[C@H]1CC2CN(Cc3ccc(C(F)(F)F)cc3)C[C@H]3OCC(=O)N1C23. The quantitative estimate of drug-likeness (QED) is 0.805. The van der Waals surface area contributed by atoms with Crippen LogP contribution >= 0.6 is 0 Å². The van der Waals surface area contributed by atoms with Crippen molar-refractivity contribution in [1.29, 1.82) is 0 Å². The average Bonchev–Trinajstić information content (AvgIpc) is 2.99. The van der Waals surface area contributed by atoms with Crippen LogP contribution < -0.4 is 0 Å². The molecule has 1 aromatic rings. The standard InChI is InChI=1S/C20H25F3N2O2/c1-12(2)16-7-14-9-24(10-17-19(14)25(16)18(26)11-27-17)8-13-3-5-15(6-4-13)20(21,22)23/h3-6,12,14,16-17,19H,7-11H2,1-2H3/t14?,16-,17-,19?/m1/s1. The zero-order valence-corrected chi connectivity index (χ0v) is 15.6. The number of alkyl halides is 3. The molecule has 3 fully saturated rings. The smallest absolute Gasteiger partial charge is 0.365 e. The Balaban J connectivity index is 1.48. The Bertz CT molecular complexity index is 704. The number of likely N-dealkylation sites (tertiary alicyclic amines) is 1. The van der Waals surface area contributed by atoms with Gasteiger partial charge in [0.1, 0.15) is 6.61 Å². The molecule has 3 aliphatic rings. The molecule has 4 nitrogen and oxygen atoms in total. The van der Waals surface area contributed by atoms with E-state index < -0.39 is 11.7 Å². The number of hydrogen-bond acceptors (Lipinski definition) is 3. The minimum atomic E-state index is -4.31. The first kappa shape index (κ1) is 18.7. The Morgan fingerprint density at radius 3 is 2.52 bits per heavy atom. The summed E-state index contributed by atoms with van der Waals surface area (Å²) in [6, 6.07) is 5.79. The van der Waals surface area contributed by atoms with Crippen molar-refractivity contribution in [2.24, 2.45) is 11.8 Å². The summed E-state index contributed by atoms with van der Waals surface area (Å²) in [4.78, 5) is 16.7. The summed E-state index contributed by atoms with van der Waals surface area (Å²) in [5.41, 5.74) is 0.244. The van der Waals surface area contributed by atoms with Gasteiger partial charge in [-0.25, -0.2) is 0 Å². The third-order valence-electron chi connectivity index (χ3n) is 6.18. The number of amides is 1. The molecule has 4 atom stereocenters. The number of hydrogen-bond donors (Lipinski definition) is 0. The van der Waals surface area contributed by atoms with Crippen LogP contribution in [0.15, 0.2) is 24.3 Å². The van der Waals surface area contributed by atoms with Gasteiger partial charge in [-0.15, -0.1) is 0 Å². The van der Waals surface area contributed by atoms with E-state index in [1.807, 2.05) is 0 Å². The zero-order chi connectivity index (χ0) is 19.3. The monoisotopic (exact) mass is 382 g/mol. The predicted molar refractivity (Wildman–Crippen MR) is 93.8 cm³/mol. The highest BCUT2D eigenvalue weighted by molar-refractivity contribution is 5.79. The van der Waals surface area contributed by atoms with Crippen LogP contribution in [0.3, 0.4) is 0 Å². The minimum Gasteiger partial charge on any atom is -0.365 e. The van der Waals surface area contributed by atoms with Crippen molar-refractivity contribution < 1.29 is 22.7 Å². The molecular formula is C20H25F3N2O2. The van der Waals surface area contributed by atoms with E-state index >= 15 is 0 Å². The third-order valence-corrected chi connectivity index (χ3v) is 6.18. The first-order chi connectivity index (χ1) is 12.7. The first-order valence-electron chi connectivity index (χ1n) is 9.55. The number of morpholine rings is 1. The van der Waals surface area contributed by atoms with Gasteiger partial charge in [0, 0.05) is 25.7 Å². The zero-order valence-electron chi connectivity index (χ0n) is 15.6. The van der Waals surface area contributed by atoms with Gasteiger partial charge in [-0.3, -0.25) is 9.69 Å². The first-order valence-corrected chi connectivity index (χ1v) is 9.55. The van der Waals surface area contributed by atoms with E-state index in [0.29, 0.717) is 24.9 Å². The molecular weight excluding hydrogens is 357 g/mol. The van der Waals surface area contributed by atoms with Gasteiger partial charge in [0.25, 0.3) is 0 Å². The summed E-state index contributed by atoms with van der Waals surface area (Å²) >= 11 is 0. The molecule has 0 bridgehead atoms. The summed E-state index contributed by atoms with van der Waals surface area (Å²) in [5, 5.41) is 0. The second kappa shape index (κ2) is 6.78. The van der Waals surface area contributed by atoms with Crippen LogP contribution in [0.4, 0.5) is 13.2 Å². The van der Waals surface area contributed by atoms with Crippen LogP contribution in [0.25, 0.3) is 0 Å². The highest BCUT2D eigenvalue weighted by Crippen LogP contribution is 2.41. The molecule has 3 heterocycles. The van der Waals surface area contributed by atoms with E-state index in [0.717, 1.165) is 30.7 Å². The number of halogens is 3. The Kier molecular flexibility index (Phi) is 4.71. The summed E-state index contributed by atoms with van der Waals surface area (Å²) in [6.07, 6.45) is -3.35. The molecule has 0 spiro atoms. The van der Waals surface area contributed by atoms with Crippen molar-refractivity contribution in [3.8, 4) is 0 Å². The highest BCUT2D eigenvalue weighted by Gasteiger charge is 2.53. The molecule has 27 heavy (non-hydrogen) atoms. The maximum Gasteiger partial charge on any atom is 0.416 e. The average molecular weight is 382 g/mol. The maximum atomic E-state index is 12.7. The fourth-order valence-electron chi connectivity index (χ4n) is 4.98. The van der Waals surface area contributed by atoms with Crippen molar-refractivity contribution in [1.82, 2.24) is 9.80 Å². The minimum absolute atomic E-state index is 0.0142. The van der Waals surface area contributed by atoms with E-state index in [1.165, 1.54) is 0 Å². The van der Waals surface area contributed by atoms with Crippen LogP contribution in [-0.2, 0) is 22.3 Å². The van der Waals surface area contributed by atoms with Gasteiger partial charge < -0.3 is 9.64 Å². The van der Waals surface area contributed by atoms with Gasteiger partial charge in [0.2, 0.25) is 5.91 Å². The van der Waals surface area contributed by atoms with E-state index in [9.17, 15) is 18.0 Å². The lowest BCUT2D eigenvalue weighted by Crippen LogP contribution is -2.62. The lowest BCUT2D eigenvalue weighted by molar-refractivity contribution is -0.165. The van der Waals surface area contributed by atoms with Crippen molar-refractivity contribution in [2.75, 3.05) is 19.7 Å². The third kappa shape index (κ3) is 3.47. The topological polar surface area (TPSA) is 32.8 Å². The fraction of sp³-hybridized carbons (Fsp3) is 0.650. The van der Waals surface area contributed by atoms with E-state index in [4.69, 9.17) is 4.74 Å². The highest BCUT2D eigenvalue weighted by atomic mass is 19.4. The van der Waals surface area contributed by atoms with Gasteiger partial charge >= 0.3 is 6.18 Å². The van der Waals surface area contributed by atoms with Crippen LogP contribution in [-0.4, -0.2) is 53.6 Å². The largest absolute Gasteiger partial charge is 0.416 e. The molecule has 0 saturated carbocycles. The lowest BCUT2D eigenvalue weighted by Gasteiger charge is -2.47. The Morgan fingerprint density at radius 2 is 1.89 bits per heavy atom.